The van der Waals surface area contributed by atoms with E-state index in [1.54, 1.807) is 41.7 Å². The molecule has 72 valence electrons. The van der Waals surface area contributed by atoms with Crippen molar-refractivity contribution in [3.63, 3.8) is 0 Å². The Morgan fingerprint density at radius 1 is 1.36 bits per heavy atom. The summed E-state index contributed by atoms with van der Waals surface area (Å²) in [6.45, 7) is 0.103. The molecular weight excluding hydrogens is 216 g/mol. The Labute approximate surface area is 89.9 Å². The Balaban J connectivity index is 2.11. The van der Waals surface area contributed by atoms with Gasteiger partial charge in [-0.1, -0.05) is 11.8 Å². The molecule has 14 heavy (non-hydrogen) atoms. The molecule has 0 unspecified atom stereocenters. The first-order valence-corrected chi connectivity index (χ1v) is 5.65. The maximum Gasteiger partial charge on any atom is 0.120 e. The van der Waals surface area contributed by atoms with Crippen molar-refractivity contribution >= 4 is 23.1 Å². The number of thiophene rings is 1. The summed E-state index contributed by atoms with van der Waals surface area (Å²) in [7, 11) is 0. The number of aliphatic hydroxyl groups excluding tert-OH is 1. The first kappa shape index (κ1) is 9.64. The maximum absolute atomic E-state index is 8.89. The van der Waals surface area contributed by atoms with Gasteiger partial charge in [-0.15, -0.1) is 11.3 Å². The molecule has 2 aromatic heterocycles. The summed E-state index contributed by atoms with van der Waals surface area (Å²) in [6, 6.07) is 3.90. The molecule has 0 aliphatic heterocycles. The third-order valence-electron chi connectivity index (χ3n) is 1.54. The Hall–Kier alpha value is -0.910. The van der Waals surface area contributed by atoms with E-state index in [9.17, 15) is 0 Å². The van der Waals surface area contributed by atoms with Gasteiger partial charge in [0.1, 0.15) is 5.03 Å². The molecule has 0 fully saturated rings. The number of aliphatic hydroxyl groups is 1. The molecule has 0 bridgehead atoms. The van der Waals surface area contributed by atoms with Crippen molar-refractivity contribution < 1.29 is 5.11 Å². The van der Waals surface area contributed by atoms with Crippen LogP contribution in [-0.4, -0.2) is 15.1 Å². The van der Waals surface area contributed by atoms with Crippen LogP contribution in [-0.2, 0) is 6.61 Å². The molecule has 0 radical (unpaired) electrons. The van der Waals surface area contributed by atoms with E-state index in [2.05, 4.69) is 9.97 Å². The Kier molecular flexibility index (Phi) is 3.13. The maximum atomic E-state index is 8.89. The van der Waals surface area contributed by atoms with Crippen molar-refractivity contribution in [1.82, 2.24) is 9.97 Å². The standard InChI is InChI=1S/C9H8N2OS2/c12-6-7-1-2-9(13-7)14-8-5-10-3-4-11-8/h1-5,12H,6H2. The van der Waals surface area contributed by atoms with Crippen LogP contribution < -0.4 is 0 Å². The molecule has 0 aliphatic rings. The Bertz CT molecular complexity index is 402. The highest BCUT2D eigenvalue weighted by molar-refractivity contribution is 8.01. The minimum absolute atomic E-state index is 0.103. The van der Waals surface area contributed by atoms with Gasteiger partial charge in [0.05, 0.1) is 17.0 Å². The average Bonchev–Trinajstić information content (AvgIpc) is 2.67. The number of rotatable bonds is 3. The van der Waals surface area contributed by atoms with E-state index < -0.39 is 0 Å². The van der Waals surface area contributed by atoms with E-state index in [4.69, 9.17) is 5.11 Å². The van der Waals surface area contributed by atoms with Crippen LogP contribution in [0.3, 0.4) is 0 Å². The quantitative estimate of drug-likeness (QED) is 0.868. The van der Waals surface area contributed by atoms with Gasteiger partial charge in [0.25, 0.3) is 0 Å². The smallest absolute Gasteiger partial charge is 0.120 e. The minimum Gasteiger partial charge on any atom is -0.391 e. The van der Waals surface area contributed by atoms with Gasteiger partial charge >= 0.3 is 0 Å². The molecule has 0 aromatic carbocycles. The zero-order valence-electron chi connectivity index (χ0n) is 7.25. The third kappa shape index (κ3) is 2.31. The average molecular weight is 224 g/mol. The first-order chi connectivity index (χ1) is 6.88. The number of aromatic nitrogens is 2. The number of nitrogens with zero attached hydrogens (tertiary/aromatic N) is 2. The van der Waals surface area contributed by atoms with Gasteiger partial charge in [-0.3, -0.25) is 4.98 Å². The zero-order valence-corrected chi connectivity index (χ0v) is 8.88. The fourth-order valence-corrected chi connectivity index (χ4v) is 2.85. The molecular formula is C9H8N2OS2. The van der Waals surface area contributed by atoms with Gasteiger partial charge in [-0.2, -0.15) is 0 Å². The summed E-state index contributed by atoms with van der Waals surface area (Å²) >= 11 is 3.13. The monoisotopic (exact) mass is 224 g/mol. The molecule has 0 saturated carbocycles. The summed E-state index contributed by atoms with van der Waals surface area (Å²) in [4.78, 5) is 9.10. The van der Waals surface area contributed by atoms with Crippen molar-refractivity contribution in [3.05, 3.63) is 35.6 Å². The largest absolute Gasteiger partial charge is 0.391 e. The number of hydrogen-bond acceptors (Lipinski definition) is 5. The fourth-order valence-electron chi connectivity index (χ4n) is 0.939. The topological polar surface area (TPSA) is 46.0 Å². The van der Waals surface area contributed by atoms with Gasteiger partial charge in [0.2, 0.25) is 0 Å². The molecule has 0 amide bonds. The molecule has 0 saturated heterocycles. The molecule has 1 N–H and O–H groups in total. The van der Waals surface area contributed by atoms with Gasteiger partial charge in [-0.05, 0) is 12.1 Å². The lowest BCUT2D eigenvalue weighted by atomic mass is 10.5. The summed E-state index contributed by atoms with van der Waals surface area (Å²) in [5, 5.41) is 9.76. The van der Waals surface area contributed by atoms with Crippen molar-refractivity contribution in [2.45, 2.75) is 15.8 Å². The lowest BCUT2D eigenvalue weighted by Gasteiger charge is -1.94. The van der Waals surface area contributed by atoms with Crippen LogP contribution in [0.4, 0.5) is 0 Å². The molecule has 2 aromatic rings. The van der Waals surface area contributed by atoms with Crippen LogP contribution in [0.2, 0.25) is 0 Å². The Morgan fingerprint density at radius 3 is 2.93 bits per heavy atom. The third-order valence-corrected chi connectivity index (χ3v) is 3.66. The molecule has 3 nitrogen and oxygen atoms in total. The molecule has 0 aliphatic carbocycles. The first-order valence-electron chi connectivity index (χ1n) is 4.02. The lowest BCUT2D eigenvalue weighted by molar-refractivity contribution is 0.285. The van der Waals surface area contributed by atoms with E-state index in [1.165, 1.54) is 0 Å². The lowest BCUT2D eigenvalue weighted by Crippen LogP contribution is -1.78. The number of hydrogen-bond donors (Lipinski definition) is 1. The van der Waals surface area contributed by atoms with Crippen molar-refractivity contribution in [1.29, 1.82) is 0 Å². The summed E-state index contributed by atoms with van der Waals surface area (Å²) in [5.74, 6) is 0. The van der Waals surface area contributed by atoms with Crippen LogP contribution in [0.5, 0.6) is 0 Å². The van der Waals surface area contributed by atoms with Gasteiger partial charge in [-0.25, -0.2) is 4.98 Å². The second kappa shape index (κ2) is 4.54. The van der Waals surface area contributed by atoms with E-state index in [0.717, 1.165) is 14.1 Å². The van der Waals surface area contributed by atoms with Crippen LogP contribution in [0.25, 0.3) is 0 Å². The van der Waals surface area contributed by atoms with Crippen LogP contribution in [0.1, 0.15) is 4.88 Å². The normalized spacial score (nSPS) is 10.4. The molecule has 2 rings (SSSR count). The second-order valence-corrected chi connectivity index (χ2v) is 5.01. The van der Waals surface area contributed by atoms with Crippen LogP contribution >= 0.6 is 23.1 Å². The summed E-state index contributed by atoms with van der Waals surface area (Å²) in [6.07, 6.45) is 5.05. The fraction of sp³-hybridized carbons (Fsp3) is 0.111. The van der Waals surface area contributed by atoms with Crippen molar-refractivity contribution in [2.24, 2.45) is 0 Å². The van der Waals surface area contributed by atoms with E-state index in [-0.39, 0.29) is 6.61 Å². The summed E-state index contributed by atoms with van der Waals surface area (Å²) in [5.41, 5.74) is 0. The zero-order chi connectivity index (χ0) is 9.80. The molecule has 0 atom stereocenters. The predicted octanol–water partition coefficient (Wildman–Crippen LogP) is 2.18. The van der Waals surface area contributed by atoms with Crippen LogP contribution in [0.15, 0.2) is 40.0 Å². The molecule has 0 spiro atoms. The van der Waals surface area contributed by atoms with E-state index >= 15 is 0 Å². The highest BCUT2D eigenvalue weighted by atomic mass is 32.2. The van der Waals surface area contributed by atoms with E-state index in [0.29, 0.717) is 0 Å². The minimum atomic E-state index is 0.103. The SMILES string of the molecule is OCc1ccc(Sc2cnccn2)s1. The molecule has 5 heteroatoms. The van der Waals surface area contributed by atoms with Crippen molar-refractivity contribution in [2.75, 3.05) is 0 Å². The highest BCUT2D eigenvalue weighted by Gasteiger charge is 2.02. The van der Waals surface area contributed by atoms with Gasteiger partial charge in [0, 0.05) is 17.3 Å². The second-order valence-electron chi connectivity index (χ2n) is 2.52. The van der Waals surface area contributed by atoms with Gasteiger partial charge in [0.15, 0.2) is 0 Å². The molecule has 2 heterocycles. The highest BCUT2D eigenvalue weighted by Crippen LogP contribution is 2.31. The van der Waals surface area contributed by atoms with E-state index in [1.807, 2.05) is 12.1 Å². The van der Waals surface area contributed by atoms with Crippen molar-refractivity contribution in [3.8, 4) is 0 Å². The Morgan fingerprint density at radius 2 is 2.29 bits per heavy atom. The van der Waals surface area contributed by atoms with Crippen LogP contribution in [0, 0.1) is 0 Å². The summed E-state index contributed by atoms with van der Waals surface area (Å²) < 4.78 is 1.12. The predicted molar refractivity (Wildman–Crippen MR) is 56.4 cm³/mol. The van der Waals surface area contributed by atoms with Gasteiger partial charge < -0.3 is 5.11 Å².